The van der Waals surface area contributed by atoms with Gasteiger partial charge < -0.3 is 5.11 Å². The van der Waals surface area contributed by atoms with E-state index in [1.54, 1.807) is 0 Å². The van der Waals surface area contributed by atoms with Crippen molar-refractivity contribution in [3.63, 3.8) is 0 Å². The Bertz CT molecular complexity index is 563. The highest BCUT2D eigenvalue weighted by molar-refractivity contribution is 5.87. The fourth-order valence-electron chi connectivity index (χ4n) is 5.09. The quantitative estimate of drug-likeness (QED) is 0.863. The predicted octanol–water partition coefficient (Wildman–Crippen LogP) is 4.59. The van der Waals surface area contributed by atoms with E-state index in [1.807, 2.05) is 12.1 Å². The van der Waals surface area contributed by atoms with Crippen molar-refractivity contribution in [1.29, 1.82) is 0 Å². The van der Waals surface area contributed by atoms with Crippen molar-refractivity contribution in [2.75, 3.05) is 0 Å². The standard InChI is InChI=1S/C19H26O2/c1-4-14-16(15-6-5-13(20)11-12(15)2)9-10-19(3)17(14)7-8-18(19)21/h5-6,11,14,16-17,20H,4,7-10H2,1-3H3/t14?,16-,17?,19?/m0/s1. The molecule has 3 rings (SSSR count). The molecular formula is C19H26O2. The Kier molecular flexibility index (Phi) is 3.59. The van der Waals surface area contributed by atoms with Crippen LogP contribution in [0.15, 0.2) is 18.2 Å². The number of ketones is 1. The molecule has 0 aliphatic heterocycles. The van der Waals surface area contributed by atoms with Gasteiger partial charge in [0.05, 0.1) is 0 Å². The molecule has 2 aliphatic carbocycles. The second-order valence-corrected chi connectivity index (χ2v) is 7.24. The number of fused-ring (bicyclic) bond motifs is 1. The van der Waals surface area contributed by atoms with Crippen molar-refractivity contribution >= 4 is 5.78 Å². The van der Waals surface area contributed by atoms with Crippen LogP contribution in [0.5, 0.6) is 5.75 Å². The maximum absolute atomic E-state index is 12.3. The average Bonchev–Trinajstić information content (AvgIpc) is 2.74. The third kappa shape index (κ3) is 2.20. The minimum Gasteiger partial charge on any atom is -0.508 e. The molecule has 2 saturated carbocycles. The molecule has 3 unspecified atom stereocenters. The van der Waals surface area contributed by atoms with E-state index in [4.69, 9.17) is 0 Å². The van der Waals surface area contributed by atoms with E-state index >= 15 is 0 Å². The van der Waals surface area contributed by atoms with Crippen LogP contribution < -0.4 is 0 Å². The van der Waals surface area contributed by atoms with Crippen molar-refractivity contribution < 1.29 is 9.90 Å². The summed E-state index contributed by atoms with van der Waals surface area (Å²) in [7, 11) is 0. The summed E-state index contributed by atoms with van der Waals surface area (Å²) in [6.07, 6.45) is 5.11. The Hall–Kier alpha value is -1.31. The van der Waals surface area contributed by atoms with Crippen molar-refractivity contribution in [3.8, 4) is 5.75 Å². The largest absolute Gasteiger partial charge is 0.508 e. The first kappa shape index (κ1) is 14.6. The lowest BCUT2D eigenvalue weighted by atomic mass is 9.58. The van der Waals surface area contributed by atoms with E-state index in [-0.39, 0.29) is 5.41 Å². The molecule has 114 valence electrons. The molecule has 0 saturated heterocycles. The molecule has 0 spiro atoms. The average molecular weight is 286 g/mol. The van der Waals surface area contributed by atoms with E-state index in [0.29, 0.717) is 29.3 Å². The third-order valence-electron chi connectivity index (χ3n) is 6.27. The van der Waals surface area contributed by atoms with Crippen LogP contribution in [0.1, 0.15) is 63.0 Å². The second-order valence-electron chi connectivity index (χ2n) is 7.24. The molecule has 0 aromatic heterocycles. The zero-order chi connectivity index (χ0) is 15.2. The Balaban J connectivity index is 1.96. The van der Waals surface area contributed by atoms with Crippen LogP contribution in [-0.2, 0) is 4.79 Å². The monoisotopic (exact) mass is 286 g/mol. The van der Waals surface area contributed by atoms with Crippen molar-refractivity contribution in [3.05, 3.63) is 29.3 Å². The van der Waals surface area contributed by atoms with Gasteiger partial charge >= 0.3 is 0 Å². The SMILES string of the molecule is CCC1C2CCC(=O)C2(C)CC[C@@H]1c1ccc(O)cc1C. The summed E-state index contributed by atoms with van der Waals surface area (Å²) < 4.78 is 0. The Labute approximate surface area is 127 Å². The molecular weight excluding hydrogens is 260 g/mol. The van der Waals surface area contributed by atoms with Gasteiger partial charge in [-0.15, -0.1) is 0 Å². The van der Waals surface area contributed by atoms with Gasteiger partial charge in [-0.2, -0.15) is 0 Å². The smallest absolute Gasteiger partial charge is 0.139 e. The van der Waals surface area contributed by atoms with Gasteiger partial charge in [-0.1, -0.05) is 26.3 Å². The summed E-state index contributed by atoms with van der Waals surface area (Å²) in [5.74, 6) is 2.52. The summed E-state index contributed by atoms with van der Waals surface area (Å²) in [5, 5.41) is 9.64. The Morgan fingerprint density at radius 2 is 2.10 bits per heavy atom. The summed E-state index contributed by atoms with van der Waals surface area (Å²) in [5.41, 5.74) is 2.49. The summed E-state index contributed by atoms with van der Waals surface area (Å²) in [6.45, 7) is 6.56. The number of hydrogen-bond acceptors (Lipinski definition) is 2. The number of carbonyl (C=O) groups excluding carboxylic acids is 1. The van der Waals surface area contributed by atoms with Gasteiger partial charge in [-0.3, -0.25) is 4.79 Å². The number of aromatic hydroxyl groups is 1. The molecule has 0 bridgehead atoms. The Morgan fingerprint density at radius 3 is 2.76 bits per heavy atom. The fourth-order valence-corrected chi connectivity index (χ4v) is 5.09. The molecule has 4 atom stereocenters. The lowest BCUT2D eigenvalue weighted by Crippen LogP contribution is -2.40. The molecule has 21 heavy (non-hydrogen) atoms. The number of carbonyl (C=O) groups is 1. The summed E-state index contributed by atoms with van der Waals surface area (Å²) in [4.78, 5) is 12.3. The number of phenols is 1. The predicted molar refractivity (Wildman–Crippen MR) is 84.4 cm³/mol. The maximum atomic E-state index is 12.3. The van der Waals surface area contributed by atoms with Gasteiger partial charge in [0.25, 0.3) is 0 Å². The number of aryl methyl sites for hydroxylation is 1. The Morgan fingerprint density at radius 1 is 1.33 bits per heavy atom. The van der Waals surface area contributed by atoms with E-state index < -0.39 is 0 Å². The first-order valence-electron chi connectivity index (χ1n) is 8.30. The molecule has 0 heterocycles. The van der Waals surface area contributed by atoms with Crippen molar-refractivity contribution in [2.24, 2.45) is 17.3 Å². The fraction of sp³-hybridized carbons (Fsp3) is 0.632. The lowest BCUT2D eigenvalue weighted by Gasteiger charge is -2.45. The molecule has 2 nitrogen and oxygen atoms in total. The second kappa shape index (κ2) is 5.15. The van der Waals surface area contributed by atoms with Gasteiger partial charge in [0.15, 0.2) is 0 Å². The third-order valence-corrected chi connectivity index (χ3v) is 6.27. The number of benzene rings is 1. The van der Waals surface area contributed by atoms with Gasteiger partial charge in [0, 0.05) is 11.8 Å². The van der Waals surface area contributed by atoms with Crippen LogP contribution in [0.3, 0.4) is 0 Å². The highest BCUT2D eigenvalue weighted by Crippen LogP contribution is 2.57. The lowest BCUT2D eigenvalue weighted by molar-refractivity contribution is -0.129. The first-order valence-corrected chi connectivity index (χ1v) is 8.30. The summed E-state index contributed by atoms with van der Waals surface area (Å²) >= 11 is 0. The number of phenolic OH excluding ortho intramolecular Hbond substituents is 1. The van der Waals surface area contributed by atoms with Crippen molar-refractivity contribution in [1.82, 2.24) is 0 Å². The molecule has 1 aromatic carbocycles. The van der Waals surface area contributed by atoms with Gasteiger partial charge in [-0.05, 0) is 67.2 Å². The van der Waals surface area contributed by atoms with E-state index in [9.17, 15) is 9.90 Å². The highest BCUT2D eigenvalue weighted by Gasteiger charge is 2.53. The molecule has 2 fully saturated rings. The highest BCUT2D eigenvalue weighted by atomic mass is 16.3. The van der Waals surface area contributed by atoms with Crippen LogP contribution >= 0.6 is 0 Å². The number of hydrogen-bond donors (Lipinski definition) is 1. The first-order chi connectivity index (χ1) is 9.97. The van der Waals surface area contributed by atoms with E-state index in [2.05, 4.69) is 26.8 Å². The van der Waals surface area contributed by atoms with Crippen LogP contribution in [0.2, 0.25) is 0 Å². The van der Waals surface area contributed by atoms with E-state index in [0.717, 1.165) is 32.1 Å². The molecule has 1 N–H and O–H groups in total. The van der Waals surface area contributed by atoms with Crippen LogP contribution in [-0.4, -0.2) is 10.9 Å². The minimum absolute atomic E-state index is 0.0675. The zero-order valence-corrected chi connectivity index (χ0v) is 13.4. The molecule has 0 radical (unpaired) electrons. The topological polar surface area (TPSA) is 37.3 Å². The number of Topliss-reactive ketones (excluding diaryl/α,β-unsaturated/α-hetero) is 1. The maximum Gasteiger partial charge on any atom is 0.139 e. The normalized spacial score (nSPS) is 35.8. The van der Waals surface area contributed by atoms with Gasteiger partial charge in [0.1, 0.15) is 11.5 Å². The molecule has 0 amide bonds. The number of rotatable bonds is 2. The van der Waals surface area contributed by atoms with Crippen LogP contribution in [0.4, 0.5) is 0 Å². The minimum atomic E-state index is -0.0675. The summed E-state index contributed by atoms with van der Waals surface area (Å²) in [6, 6.07) is 5.77. The zero-order valence-electron chi connectivity index (χ0n) is 13.4. The van der Waals surface area contributed by atoms with Crippen molar-refractivity contribution in [2.45, 2.75) is 58.8 Å². The van der Waals surface area contributed by atoms with Gasteiger partial charge in [-0.25, -0.2) is 0 Å². The van der Waals surface area contributed by atoms with Crippen LogP contribution in [0, 0.1) is 24.2 Å². The van der Waals surface area contributed by atoms with Gasteiger partial charge in [0.2, 0.25) is 0 Å². The molecule has 2 aliphatic rings. The van der Waals surface area contributed by atoms with E-state index in [1.165, 1.54) is 11.1 Å². The molecule has 1 aromatic rings. The molecule has 2 heteroatoms. The van der Waals surface area contributed by atoms with Crippen LogP contribution in [0.25, 0.3) is 0 Å².